The predicted octanol–water partition coefficient (Wildman–Crippen LogP) is 3.38. The van der Waals surface area contributed by atoms with Gasteiger partial charge in [-0.05, 0) is 37.0 Å². The molecule has 0 saturated heterocycles. The van der Waals surface area contributed by atoms with Gasteiger partial charge in [0.05, 0.1) is 0 Å². The van der Waals surface area contributed by atoms with E-state index >= 15 is 0 Å². The van der Waals surface area contributed by atoms with Crippen LogP contribution in [0, 0.1) is 0 Å². The van der Waals surface area contributed by atoms with Gasteiger partial charge in [0, 0.05) is 6.04 Å². The first-order chi connectivity index (χ1) is 8.54. The zero-order valence-electron chi connectivity index (χ0n) is 10.4. The lowest BCUT2D eigenvalue weighted by atomic mass is 10.2. The average Bonchev–Trinajstić information content (AvgIpc) is 2.29. The van der Waals surface area contributed by atoms with Crippen molar-refractivity contribution in [2.45, 2.75) is 26.3 Å². The molecule has 1 rings (SSSR count). The van der Waals surface area contributed by atoms with Crippen molar-refractivity contribution in [3.63, 3.8) is 0 Å². The monoisotopic (exact) mass is 288 g/mol. The number of anilines is 1. The number of rotatable bonds is 7. The normalized spacial score (nSPS) is 12.2. The number of carboxylic acid groups (broad SMARTS) is 1. The summed E-state index contributed by atoms with van der Waals surface area (Å²) in [7, 11) is 0. The van der Waals surface area contributed by atoms with Gasteiger partial charge in [-0.3, -0.25) is 0 Å². The number of nitrogens with one attached hydrogen (secondary N) is 1. The molecule has 1 atom stereocenters. The molecule has 0 saturated carbocycles. The molecule has 0 aliphatic rings. The van der Waals surface area contributed by atoms with Crippen LogP contribution in [-0.2, 0) is 0 Å². The summed E-state index contributed by atoms with van der Waals surface area (Å²) in [5.41, 5.74) is 0.148. The molecule has 6 heteroatoms. The van der Waals surface area contributed by atoms with E-state index in [2.05, 4.69) is 17.2 Å². The van der Waals surface area contributed by atoms with E-state index in [0.717, 1.165) is 17.9 Å². The highest BCUT2D eigenvalue weighted by Gasteiger charge is 2.13. The SMILES string of the molecule is CCSCCC(C)Nc1nc(Cl)ccc1C(=O)O. The van der Waals surface area contributed by atoms with E-state index in [1.54, 1.807) is 0 Å². The Morgan fingerprint density at radius 3 is 2.94 bits per heavy atom. The van der Waals surface area contributed by atoms with Crippen LogP contribution in [0.3, 0.4) is 0 Å². The first-order valence-electron chi connectivity index (χ1n) is 5.78. The molecule has 0 aliphatic carbocycles. The van der Waals surface area contributed by atoms with Gasteiger partial charge in [0.1, 0.15) is 16.5 Å². The van der Waals surface area contributed by atoms with Gasteiger partial charge in [-0.1, -0.05) is 18.5 Å². The van der Waals surface area contributed by atoms with Gasteiger partial charge in [0.2, 0.25) is 0 Å². The molecule has 4 nitrogen and oxygen atoms in total. The molecule has 0 aromatic carbocycles. The van der Waals surface area contributed by atoms with Crippen LogP contribution in [0.25, 0.3) is 0 Å². The lowest BCUT2D eigenvalue weighted by Crippen LogP contribution is -2.19. The van der Waals surface area contributed by atoms with E-state index in [1.807, 2.05) is 18.7 Å². The number of hydrogen-bond acceptors (Lipinski definition) is 4. The lowest BCUT2D eigenvalue weighted by Gasteiger charge is -2.15. The van der Waals surface area contributed by atoms with Crippen molar-refractivity contribution >= 4 is 35.1 Å². The number of pyridine rings is 1. The number of nitrogens with zero attached hydrogens (tertiary/aromatic N) is 1. The zero-order valence-corrected chi connectivity index (χ0v) is 12.0. The van der Waals surface area contributed by atoms with Gasteiger partial charge in [-0.25, -0.2) is 9.78 Å². The van der Waals surface area contributed by atoms with Crippen molar-refractivity contribution in [2.24, 2.45) is 0 Å². The lowest BCUT2D eigenvalue weighted by molar-refractivity contribution is 0.0697. The van der Waals surface area contributed by atoms with Crippen molar-refractivity contribution in [3.05, 3.63) is 22.8 Å². The number of aromatic nitrogens is 1. The Bertz CT molecular complexity index is 415. The van der Waals surface area contributed by atoms with Gasteiger partial charge < -0.3 is 10.4 Å². The van der Waals surface area contributed by atoms with E-state index in [-0.39, 0.29) is 16.8 Å². The molecule has 0 radical (unpaired) electrons. The van der Waals surface area contributed by atoms with Gasteiger partial charge in [-0.15, -0.1) is 0 Å². The highest BCUT2D eigenvalue weighted by atomic mass is 35.5. The predicted molar refractivity (Wildman–Crippen MR) is 76.9 cm³/mol. The quantitative estimate of drug-likeness (QED) is 0.595. The topological polar surface area (TPSA) is 62.2 Å². The minimum Gasteiger partial charge on any atom is -0.478 e. The summed E-state index contributed by atoms with van der Waals surface area (Å²) < 4.78 is 0. The van der Waals surface area contributed by atoms with E-state index < -0.39 is 5.97 Å². The van der Waals surface area contributed by atoms with Crippen molar-refractivity contribution in [1.82, 2.24) is 4.98 Å². The largest absolute Gasteiger partial charge is 0.478 e. The Morgan fingerprint density at radius 2 is 2.33 bits per heavy atom. The summed E-state index contributed by atoms with van der Waals surface area (Å²) in [6.45, 7) is 4.12. The van der Waals surface area contributed by atoms with E-state index in [9.17, 15) is 4.79 Å². The number of halogens is 1. The standard InChI is InChI=1S/C12H17ClN2O2S/c1-3-18-7-6-8(2)14-11-9(12(16)17)4-5-10(13)15-11/h4-5,8H,3,6-7H2,1-2H3,(H,14,15)(H,16,17). The van der Waals surface area contributed by atoms with Gasteiger partial charge in [0.25, 0.3) is 0 Å². The maximum atomic E-state index is 11.0. The summed E-state index contributed by atoms with van der Waals surface area (Å²) in [5, 5.41) is 12.4. The Kier molecular flexibility index (Phi) is 6.29. The van der Waals surface area contributed by atoms with Crippen molar-refractivity contribution in [2.75, 3.05) is 16.8 Å². The third kappa shape index (κ3) is 4.74. The molecule has 18 heavy (non-hydrogen) atoms. The molecule has 100 valence electrons. The average molecular weight is 289 g/mol. The van der Waals surface area contributed by atoms with Crippen LogP contribution in [0.5, 0.6) is 0 Å². The first-order valence-corrected chi connectivity index (χ1v) is 7.32. The molecule has 1 heterocycles. The molecule has 0 fully saturated rings. The molecule has 2 N–H and O–H groups in total. The third-order valence-corrected chi connectivity index (χ3v) is 3.52. The maximum Gasteiger partial charge on any atom is 0.339 e. The van der Waals surface area contributed by atoms with Crippen LogP contribution in [0.2, 0.25) is 5.15 Å². The first kappa shape index (κ1) is 15.1. The molecular formula is C12H17ClN2O2S. The number of thioether (sulfide) groups is 1. The van der Waals surface area contributed by atoms with E-state index in [4.69, 9.17) is 16.7 Å². The minimum atomic E-state index is -1.00. The molecule has 1 aromatic heterocycles. The molecule has 1 unspecified atom stereocenters. The molecule has 0 bridgehead atoms. The zero-order chi connectivity index (χ0) is 13.5. The Labute approximate surface area is 116 Å². The number of carbonyl (C=O) groups is 1. The van der Waals surface area contributed by atoms with Gasteiger partial charge in [0.15, 0.2) is 0 Å². The van der Waals surface area contributed by atoms with E-state index in [1.165, 1.54) is 12.1 Å². The van der Waals surface area contributed by atoms with Crippen LogP contribution in [0.4, 0.5) is 5.82 Å². The van der Waals surface area contributed by atoms with Gasteiger partial charge in [-0.2, -0.15) is 11.8 Å². The second-order valence-electron chi connectivity index (χ2n) is 3.87. The number of hydrogen-bond donors (Lipinski definition) is 2. The Morgan fingerprint density at radius 1 is 1.61 bits per heavy atom. The Balaban J connectivity index is 2.70. The van der Waals surface area contributed by atoms with Crippen LogP contribution in [0.1, 0.15) is 30.6 Å². The summed E-state index contributed by atoms with van der Waals surface area (Å²) in [6, 6.07) is 3.11. The fourth-order valence-corrected chi connectivity index (χ4v) is 2.38. The number of aromatic carboxylic acids is 1. The highest BCUT2D eigenvalue weighted by Crippen LogP contribution is 2.18. The van der Waals surface area contributed by atoms with Gasteiger partial charge >= 0.3 is 5.97 Å². The highest BCUT2D eigenvalue weighted by molar-refractivity contribution is 7.99. The van der Waals surface area contributed by atoms with Crippen molar-refractivity contribution in [3.8, 4) is 0 Å². The Hall–Kier alpha value is -0.940. The second kappa shape index (κ2) is 7.48. The molecule has 0 aliphatic heterocycles. The van der Waals surface area contributed by atoms with Crippen molar-refractivity contribution < 1.29 is 9.90 Å². The summed E-state index contributed by atoms with van der Waals surface area (Å²) in [4.78, 5) is 15.1. The smallest absolute Gasteiger partial charge is 0.339 e. The molecular weight excluding hydrogens is 272 g/mol. The fraction of sp³-hybridized carbons (Fsp3) is 0.500. The fourth-order valence-electron chi connectivity index (χ4n) is 1.43. The summed E-state index contributed by atoms with van der Waals surface area (Å²) in [6.07, 6.45) is 0.950. The summed E-state index contributed by atoms with van der Waals surface area (Å²) >= 11 is 7.64. The summed E-state index contributed by atoms with van der Waals surface area (Å²) in [5.74, 6) is 1.46. The maximum absolute atomic E-state index is 11.0. The van der Waals surface area contributed by atoms with E-state index in [0.29, 0.717) is 5.82 Å². The second-order valence-corrected chi connectivity index (χ2v) is 5.65. The third-order valence-electron chi connectivity index (χ3n) is 2.37. The van der Waals surface area contributed by atoms with Crippen LogP contribution in [-0.4, -0.2) is 33.6 Å². The molecule has 0 spiro atoms. The van der Waals surface area contributed by atoms with Crippen molar-refractivity contribution in [1.29, 1.82) is 0 Å². The molecule has 0 amide bonds. The number of carboxylic acids is 1. The molecule has 1 aromatic rings. The van der Waals surface area contributed by atoms with Crippen LogP contribution < -0.4 is 5.32 Å². The van der Waals surface area contributed by atoms with Crippen LogP contribution >= 0.6 is 23.4 Å². The van der Waals surface area contributed by atoms with Crippen LogP contribution in [0.15, 0.2) is 12.1 Å². The minimum absolute atomic E-state index is 0.148.